The molecule has 4 unspecified atom stereocenters. The van der Waals surface area contributed by atoms with Crippen molar-refractivity contribution in [2.24, 2.45) is 11.7 Å². The van der Waals surface area contributed by atoms with Crippen LogP contribution >= 0.6 is 12.4 Å². The van der Waals surface area contributed by atoms with Crippen molar-refractivity contribution in [1.29, 1.82) is 0 Å². The Hall–Kier alpha value is -1.58. The van der Waals surface area contributed by atoms with Crippen LogP contribution in [0.3, 0.4) is 0 Å². The van der Waals surface area contributed by atoms with Crippen molar-refractivity contribution in [1.82, 2.24) is 16.0 Å². The smallest absolute Gasteiger partial charge is 0.404 e. The fourth-order valence-corrected chi connectivity index (χ4v) is 3.61. The Labute approximate surface area is 152 Å². The van der Waals surface area contributed by atoms with Gasteiger partial charge in [0.2, 0.25) is 11.8 Å². The number of halogens is 1. The molecule has 2 aliphatic rings. The van der Waals surface area contributed by atoms with E-state index in [4.69, 9.17) is 10.8 Å². The van der Waals surface area contributed by atoms with Gasteiger partial charge in [0.25, 0.3) is 0 Å². The normalized spacial score (nSPS) is 26.4. The molecule has 2 rings (SSSR count). The maximum absolute atomic E-state index is 12.4. The summed E-state index contributed by atoms with van der Waals surface area (Å²) in [5.41, 5.74) is 5.15. The maximum Gasteiger partial charge on any atom is 0.404 e. The number of primary amides is 1. The number of carbonyl (C=O) groups is 3. The number of hydrogen-bond acceptors (Lipinski definition) is 5. The molecule has 144 valence electrons. The Morgan fingerprint density at radius 2 is 1.96 bits per heavy atom. The van der Waals surface area contributed by atoms with Crippen LogP contribution in [-0.2, 0) is 9.59 Å². The lowest BCUT2D eigenvalue weighted by molar-refractivity contribution is -0.130. The maximum atomic E-state index is 12.4. The topological polar surface area (TPSA) is 154 Å². The highest BCUT2D eigenvalue weighted by molar-refractivity contribution is 5.85. The molecule has 3 amide bonds. The molecule has 1 aliphatic heterocycles. The number of carbonyl (C=O) groups excluding carboxylic acids is 2. The third kappa shape index (κ3) is 6.02. The molecule has 10 heteroatoms. The summed E-state index contributed by atoms with van der Waals surface area (Å²) in [6.45, 7) is 0.274. The van der Waals surface area contributed by atoms with Gasteiger partial charge >= 0.3 is 6.09 Å². The zero-order chi connectivity index (χ0) is 17.7. The van der Waals surface area contributed by atoms with Gasteiger partial charge in [0.05, 0.1) is 12.1 Å². The Bertz CT molecular complexity index is 493. The molecule has 2 bridgehead atoms. The summed E-state index contributed by atoms with van der Waals surface area (Å²) in [5.74, 6) is -0.790. The van der Waals surface area contributed by atoms with Gasteiger partial charge < -0.3 is 31.9 Å². The standard InChI is InChI=1S/C15H26N4O5.ClH/c16-13(21)12(20)10(3-1-2-6-17-15(23)24)19-14(22)11-8-4-5-9(7-8)18-11;/h8-12,17-18,20H,1-7H2,(H2,16,21)(H,19,22)(H,23,24);1H/t8?,9?,10?,11-,12?;/m0./s1. The third-order valence-corrected chi connectivity index (χ3v) is 4.86. The van der Waals surface area contributed by atoms with E-state index >= 15 is 0 Å². The lowest BCUT2D eigenvalue weighted by Crippen LogP contribution is -2.55. The molecule has 0 radical (unpaired) electrons. The zero-order valence-corrected chi connectivity index (χ0v) is 14.8. The van der Waals surface area contributed by atoms with Crippen LogP contribution in [0.25, 0.3) is 0 Å². The molecule has 1 heterocycles. The summed E-state index contributed by atoms with van der Waals surface area (Å²) in [7, 11) is 0. The minimum Gasteiger partial charge on any atom is -0.465 e. The number of unbranched alkanes of at least 4 members (excludes halogenated alkanes) is 1. The Kier molecular flexibility index (Phi) is 8.40. The quantitative estimate of drug-likeness (QED) is 0.292. The molecule has 9 nitrogen and oxygen atoms in total. The average Bonchev–Trinajstić information content (AvgIpc) is 3.15. The first kappa shape index (κ1) is 21.5. The van der Waals surface area contributed by atoms with Crippen molar-refractivity contribution in [3.05, 3.63) is 0 Å². The van der Waals surface area contributed by atoms with Crippen LogP contribution < -0.4 is 21.7 Å². The molecule has 0 aromatic heterocycles. The van der Waals surface area contributed by atoms with E-state index in [0.29, 0.717) is 31.2 Å². The van der Waals surface area contributed by atoms with Crippen molar-refractivity contribution in [3.63, 3.8) is 0 Å². The monoisotopic (exact) mass is 378 g/mol. The van der Waals surface area contributed by atoms with Gasteiger partial charge in [-0.15, -0.1) is 12.4 Å². The van der Waals surface area contributed by atoms with Gasteiger partial charge in [-0.05, 0) is 44.4 Å². The van der Waals surface area contributed by atoms with Crippen LogP contribution in [-0.4, -0.2) is 58.9 Å². The minimum absolute atomic E-state index is 0. The minimum atomic E-state index is -1.46. The fraction of sp³-hybridized carbons (Fsp3) is 0.800. The van der Waals surface area contributed by atoms with Crippen molar-refractivity contribution in [2.75, 3.05) is 6.54 Å². The van der Waals surface area contributed by atoms with Crippen LogP contribution in [0, 0.1) is 5.92 Å². The first-order chi connectivity index (χ1) is 11.4. The summed E-state index contributed by atoms with van der Waals surface area (Å²) in [6, 6.07) is -0.659. The number of carboxylic acid groups (broad SMARTS) is 1. The van der Waals surface area contributed by atoms with E-state index in [1.165, 1.54) is 0 Å². The molecular weight excluding hydrogens is 352 g/mol. The van der Waals surface area contributed by atoms with E-state index < -0.39 is 24.1 Å². The molecule has 1 saturated heterocycles. The first-order valence-electron chi connectivity index (χ1n) is 8.39. The Morgan fingerprint density at radius 1 is 1.24 bits per heavy atom. The number of piperidine rings is 1. The van der Waals surface area contributed by atoms with Gasteiger partial charge in [-0.3, -0.25) is 9.59 Å². The van der Waals surface area contributed by atoms with Crippen LogP contribution in [0.1, 0.15) is 38.5 Å². The SMILES string of the molecule is Cl.NC(=O)C(O)C(CCCCNC(=O)O)NC(=O)[C@H]1NC2CCC1C2. The third-order valence-electron chi connectivity index (χ3n) is 4.86. The van der Waals surface area contributed by atoms with Crippen LogP contribution in [0.4, 0.5) is 4.79 Å². The Balaban J connectivity index is 0.00000312. The van der Waals surface area contributed by atoms with Gasteiger partial charge in [0.15, 0.2) is 6.10 Å². The van der Waals surface area contributed by atoms with Crippen molar-refractivity contribution in [2.45, 2.75) is 62.8 Å². The van der Waals surface area contributed by atoms with Gasteiger partial charge in [-0.2, -0.15) is 0 Å². The summed E-state index contributed by atoms with van der Waals surface area (Å²) < 4.78 is 0. The zero-order valence-electron chi connectivity index (χ0n) is 13.9. The van der Waals surface area contributed by atoms with E-state index in [1.54, 1.807) is 0 Å². The first-order valence-corrected chi connectivity index (χ1v) is 8.39. The number of aliphatic hydroxyl groups is 1. The van der Waals surface area contributed by atoms with E-state index in [-0.39, 0.29) is 30.9 Å². The molecule has 0 aromatic rings. The number of fused-ring (bicyclic) bond motifs is 2. The molecule has 0 aromatic carbocycles. The predicted octanol–water partition coefficient (Wildman–Crippen LogP) is -0.682. The van der Waals surface area contributed by atoms with Crippen molar-refractivity contribution in [3.8, 4) is 0 Å². The van der Waals surface area contributed by atoms with E-state index in [9.17, 15) is 19.5 Å². The highest BCUT2D eigenvalue weighted by Crippen LogP contribution is 2.35. The van der Waals surface area contributed by atoms with Crippen LogP contribution in [0.15, 0.2) is 0 Å². The van der Waals surface area contributed by atoms with Crippen molar-refractivity contribution < 1.29 is 24.6 Å². The molecule has 25 heavy (non-hydrogen) atoms. The van der Waals surface area contributed by atoms with Gasteiger partial charge in [-0.1, -0.05) is 0 Å². The highest BCUT2D eigenvalue weighted by Gasteiger charge is 2.43. The largest absolute Gasteiger partial charge is 0.465 e. The molecule has 1 aliphatic carbocycles. The van der Waals surface area contributed by atoms with Crippen molar-refractivity contribution >= 4 is 30.3 Å². The van der Waals surface area contributed by atoms with E-state index in [2.05, 4.69) is 16.0 Å². The number of amides is 3. The molecular formula is C15H27ClN4O5. The highest BCUT2D eigenvalue weighted by atomic mass is 35.5. The number of nitrogens with two attached hydrogens (primary N) is 1. The fourth-order valence-electron chi connectivity index (χ4n) is 3.61. The molecule has 1 saturated carbocycles. The van der Waals surface area contributed by atoms with Gasteiger partial charge in [0, 0.05) is 12.6 Å². The van der Waals surface area contributed by atoms with E-state index in [1.807, 2.05) is 0 Å². The number of rotatable bonds is 9. The van der Waals surface area contributed by atoms with Gasteiger partial charge in [-0.25, -0.2) is 4.79 Å². The molecule has 0 spiro atoms. The van der Waals surface area contributed by atoms with Crippen LogP contribution in [0.2, 0.25) is 0 Å². The van der Waals surface area contributed by atoms with Gasteiger partial charge in [0.1, 0.15) is 0 Å². The summed E-state index contributed by atoms with van der Waals surface area (Å²) in [6.07, 6.45) is 1.95. The number of nitrogens with one attached hydrogen (secondary N) is 3. The van der Waals surface area contributed by atoms with Crippen LogP contribution in [0.5, 0.6) is 0 Å². The molecule has 5 atom stereocenters. The number of aliphatic hydroxyl groups excluding tert-OH is 1. The number of hydrogen-bond donors (Lipinski definition) is 6. The predicted molar refractivity (Wildman–Crippen MR) is 92.3 cm³/mol. The second-order valence-corrected chi connectivity index (χ2v) is 6.60. The lowest BCUT2D eigenvalue weighted by Gasteiger charge is -2.27. The average molecular weight is 379 g/mol. The summed E-state index contributed by atoms with van der Waals surface area (Å²) in [5, 5.41) is 26.7. The second kappa shape index (κ2) is 9.79. The molecule has 2 fully saturated rings. The van der Waals surface area contributed by atoms with E-state index in [0.717, 1.165) is 19.3 Å². The summed E-state index contributed by atoms with van der Waals surface area (Å²) >= 11 is 0. The summed E-state index contributed by atoms with van der Waals surface area (Å²) in [4.78, 5) is 34.1. The molecule has 7 N–H and O–H groups in total. The second-order valence-electron chi connectivity index (χ2n) is 6.60. The Morgan fingerprint density at radius 3 is 2.48 bits per heavy atom. The lowest BCUT2D eigenvalue weighted by atomic mass is 9.97.